The van der Waals surface area contributed by atoms with Crippen molar-refractivity contribution in [3.05, 3.63) is 57.5 Å². The Morgan fingerprint density at radius 3 is 2.95 bits per heavy atom. The first kappa shape index (κ1) is 14.5. The van der Waals surface area contributed by atoms with Crippen molar-refractivity contribution < 1.29 is 9.15 Å². The first-order valence-electron chi connectivity index (χ1n) is 6.71. The maximum absolute atomic E-state index is 6.12. The van der Waals surface area contributed by atoms with Gasteiger partial charge in [-0.25, -0.2) is 0 Å². The van der Waals surface area contributed by atoms with Crippen LogP contribution in [-0.4, -0.2) is 13.2 Å². The van der Waals surface area contributed by atoms with Gasteiger partial charge in [0.15, 0.2) is 0 Å². The summed E-state index contributed by atoms with van der Waals surface area (Å²) in [6.07, 6.45) is 3.75. The van der Waals surface area contributed by atoms with E-state index < -0.39 is 0 Å². The summed E-state index contributed by atoms with van der Waals surface area (Å²) in [5, 5.41) is 4.56. The summed E-state index contributed by atoms with van der Waals surface area (Å²) in [7, 11) is 0. The largest absolute Gasteiger partial charge is 0.487 e. The number of benzene rings is 1. The van der Waals surface area contributed by atoms with E-state index in [1.54, 1.807) is 12.3 Å². The Kier molecular flexibility index (Phi) is 4.24. The minimum atomic E-state index is 0.144. The van der Waals surface area contributed by atoms with Crippen LogP contribution in [0.2, 0.25) is 10.0 Å². The van der Waals surface area contributed by atoms with Gasteiger partial charge < -0.3 is 14.5 Å². The lowest BCUT2D eigenvalue weighted by molar-refractivity contribution is 0.340. The molecule has 110 valence electrons. The van der Waals surface area contributed by atoms with Crippen molar-refractivity contribution in [3.8, 4) is 5.75 Å². The van der Waals surface area contributed by atoms with E-state index in [0.29, 0.717) is 28.9 Å². The fourth-order valence-electron chi connectivity index (χ4n) is 2.29. The fourth-order valence-corrected chi connectivity index (χ4v) is 2.85. The van der Waals surface area contributed by atoms with Crippen molar-refractivity contribution in [1.29, 1.82) is 0 Å². The molecule has 0 radical (unpaired) electrons. The van der Waals surface area contributed by atoms with E-state index in [-0.39, 0.29) is 6.04 Å². The van der Waals surface area contributed by atoms with E-state index in [0.717, 1.165) is 16.9 Å². The molecular formula is C16H15Cl2NO2. The third kappa shape index (κ3) is 3.26. The number of furan rings is 1. The van der Waals surface area contributed by atoms with E-state index in [2.05, 4.69) is 18.3 Å². The summed E-state index contributed by atoms with van der Waals surface area (Å²) in [5.41, 5.74) is 2.06. The SMILES string of the molecule is C[C@@H](NCC1=Cc2cc(Cl)cc(Cl)c2OC1)c1ccco1. The number of hydrogen-bond acceptors (Lipinski definition) is 3. The zero-order valence-electron chi connectivity index (χ0n) is 11.5. The average molecular weight is 324 g/mol. The highest BCUT2D eigenvalue weighted by atomic mass is 35.5. The highest BCUT2D eigenvalue weighted by Crippen LogP contribution is 2.36. The smallest absolute Gasteiger partial charge is 0.145 e. The van der Waals surface area contributed by atoms with E-state index in [4.69, 9.17) is 32.4 Å². The van der Waals surface area contributed by atoms with Crippen LogP contribution in [-0.2, 0) is 0 Å². The van der Waals surface area contributed by atoms with Gasteiger partial charge in [-0.3, -0.25) is 0 Å². The minimum Gasteiger partial charge on any atom is -0.487 e. The summed E-state index contributed by atoms with van der Waals surface area (Å²) in [5.74, 6) is 1.61. The number of fused-ring (bicyclic) bond motifs is 1. The number of hydrogen-bond donors (Lipinski definition) is 1. The van der Waals surface area contributed by atoms with Gasteiger partial charge in [0.05, 0.1) is 17.3 Å². The second-order valence-electron chi connectivity index (χ2n) is 5.02. The van der Waals surface area contributed by atoms with Gasteiger partial charge in [0.1, 0.15) is 18.1 Å². The lowest BCUT2D eigenvalue weighted by Crippen LogP contribution is -2.24. The molecule has 2 aromatic rings. The molecule has 0 bridgehead atoms. The van der Waals surface area contributed by atoms with Crippen LogP contribution in [0.25, 0.3) is 6.08 Å². The van der Waals surface area contributed by atoms with Gasteiger partial charge in [0.25, 0.3) is 0 Å². The summed E-state index contributed by atoms with van der Waals surface area (Å²) in [6, 6.07) is 7.54. The van der Waals surface area contributed by atoms with Crippen molar-refractivity contribution in [2.45, 2.75) is 13.0 Å². The van der Waals surface area contributed by atoms with Crippen LogP contribution >= 0.6 is 23.2 Å². The molecule has 0 aliphatic carbocycles. The third-order valence-electron chi connectivity index (χ3n) is 3.40. The molecule has 1 N–H and O–H groups in total. The van der Waals surface area contributed by atoms with Crippen LogP contribution in [0.4, 0.5) is 0 Å². The molecule has 21 heavy (non-hydrogen) atoms. The van der Waals surface area contributed by atoms with Gasteiger partial charge in [0, 0.05) is 17.1 Å². The van der Waals surface area contributed by atoms with Crippen molar-refractivity contribution in [1.82, 2.24) is 5.32 Å². The van der Waals surface area contributed by atoms with E-state index in [1.165, 1.54) is 0 Å². The standard InChI is InChI=1S/C16H15Cl2NO2/c1-10(15-3-2-4-20-15)19-8-11-5-12-6-13(17)7-14(18)16(12)21-9-11/h2-7,10,19H,8-9H2,1H3/t10-/m1/s1. The molecule has 0 saturated carbocycles. The van der Waals surface area contributed by atoms with Crippen LogP contribution in [0.1, 0.15) is 24.3 Å². The van der Waals surface area contributed by atoms with Crippen LogP contribution in [0.15, 0.2) is 40.5 Å². The van der Waals surface area contributed by atoms with Crippen LogP contribution in [0.3, 0.4) is 0 Å². The molecule has 0 unspecified atom stereocenters. The second-order valence-corrected chi connectivity index (χ2v) is 5.86. The van der Waals surface area contributed by atoms with E-state index in [9.17, 15) is 0 Å². The predicted molar refractivity (Wildman–Crippen MR) is 85.1 cm³/mol. The molecule has 1 aromatic carbocycles. The van der Waals surface area contributed by atoms with Crippen molar-refractivity contribution in [3.63, 3.8) is 0 Å². The highest BCUT2D eigenvalue weighted by molar-refractivity contribution is 6.36. The zero-order chi connectivity index (χ0) is 14.8. The first-order valence-corrected chi connectivity index (χ1v) is 7.47. The summed E-state index contributed by atoms with van der Waals surface area (Å²) in [4.78, 5) is 0. The van der Waals surface area contributed by atoms with E-state index >= 15 is 0 Å². The number of rotatable bonds is 4. The molecule has 1 aliphatic heterocycles. The van der Waals surface area contributed by atoms with Gasteiger partial charge in [-0.15, -0.1) is 0 Å². The molecule has 1 aliphatic rings. The molecule has 2 heterocycles. The van der Waals surface area contributed by atoms with Gasteiger partial charge in [0.2, 0.25) is 0 Å². The second kappa shape index (κ2) is 6.14. The van der Waals surface area contributed by atoms with Crippen LogP contribution < -0.4 is 10.1 Å². The van der Waals surface area contributed by atoms with Gasteiger partial charge in [-0.05, 0) is 42.8 Å². The Morgan fingerprint density at radius 2 is 2.19 bits per heavy atom. The Labute approximate surface area is 133 Å². The van der Waals surface area contributed by atoms with Crippen LogP contribution in [0, 0.1) is 0 Å². The quantitative estimate of drug-likeness (QED) is 0.884. The molecule has 1 aromatic heterocycles. The monoisotopic (exact) mass is 323 g/mol. The lowest BCUT2D eigenvalue weighted by atomic mass is 10.1. The molecule has 3 nitrogen and oxygen atoms in total. The molecular weight excluding hydrogens is 309 g/mol. The predicted octanol–water partition coefficient (Wildman–Crippen LogP) is 4.71. The van der Waals surface area contributed by atoms with Crippen molar-refractivity contribution in [2.24, 2.45) is 0 Å². The van der Waals surface area contributed by atoms with Crippen molar-refractivity contribution >= 4 is 29.3 Å². The first-order chi connectivity index (χ1) is 10.1. The Hall–Kier alpha value is -1.42. The number of ether oxygens (including phenoxy) is 1. The van der Waals surface area contributed by atoms with Gasteiger partial charge in [-0.1, -0.05) is 23.2 Å². The van der Waals surface area contributed by atoms with E-state index in [1.807, 2.05) is 18.2 Å². The molecule has 5 heteroatoms. The number of halogens is 2. The Bertz CT molecular complexity index is 665. The minimum absolute atomic E-state index is 0.144. The average Bonchev–Trinajstić information content (AvgIpc) is 2.98. The normalized spacial score (nSPS) is 15.1. The van der Waals surface area contributed by atoms with Crippen molar-refractivity contribution in [2.75, 3.05) is 13.2 Å². The molecule has 0 spiro atoms. The topological polar surface area (TPSA) is 34.4 Å². The summed E-state index contributed by atoms with van der Waals surface area (Å²) in [6.45, 7) is 3.29. The summed E-state index contributed by atoms with van der Waals surface area (Å²) < 4.78 is 11.1. The summed E-state index contributed by atoms with van der Waals surface area (Å²) >= 11 is 12.2. The van der Waals surface area contributed by atoms with Crippen LogP contribution in [0.5, 0.6) is 5.75 Å². The van der Waals surface area contributed by atoms with Gasteiger partial charge >= 0.3 is 0 Å². The fraction of sp³-hybridized carbons (Fsp3) is 0.250. The van der Waals surface area contributed by atoms with Gasteiger partial charge in [-0.2, -0.15) is 0 Å². The third-order valence-corrected chi connectivity index (χ3v) is 3.90. The molecule has 0 fully saturated rings. The lowest BCUT2D eigenvalue weighted by Gasteiger charge is -2.21. The Morgan fingerprint density at radius 1 is 1.33 bits per heavy atom. The molecule has 1 atom stereocenters. The highest BCUT2D eigenvalue weighted by Gasteiger charge is 2.16. The molecule has 0 saturated heterocycles. The zero-order valence-corrected chi connectivity index (χ0v) is 13.0. The molecule has 3 rings (SSSR count). The number of nitrogens with one attached hydrogen (secondary N) is 1. The maximum atomic E-state index is 6.12. The Balaban J connectivity index is 1.71. The molecule has 0 amide bonds. The maximum Gasteiger partial charge on any atom is 0.145 e.